The Morgan fingerprint density at radius 1 is 0.468 bits per heavy atom. The molecule has 0 aromatic carbocycles. The molecule has 4 fully saturated rings. The quantitative estimate of drug-likeness (QED) is 0.0310. The summed E-state index contributed by atoms with van der Waals surface area (Å²) in [6.45, 7) is 8.48. The Labute approximate surface area is 744 Å². The highest BCUT2D eigenvalue weighted by molar-refractivity contribution is 5.80. The normalized spacial score (nSPS) is 28.5. The van der Waals surface area contributed by atoms with E-state index >= 15 is 9.59 Å². The van der Waals surface area contributed by atoms with Gasteiger partial charge in [-0.1, -0.05) is 193 Å². The van der Waals surface area contributed by atoms with Crippen molar-refractivity contribution in [2.45, 2.75) is 380 Å². The third-order valence-electron chi connectivity index (χ3n) is 25.8. The third kappa shape index (κ3) is 33.8. The van der Waals surface area contributed by atoms with Crippen LogP contribution in [0.1, 0.15) is 234 Å². The fourth-order valence-corrected chi connectivity index (χ4v) is 18.0. The lowest BCUT2D eigenvalue weighted by atomic mass is 9.85. The van der Waals surface area contributed by atoms with E-state index in [0.29, 0.717) is 6.42 Å². The van der Waals surface area contributed by atoms with Crippen LogP contribution in [0.15, 0.2) is 12.2 Å². The number of likely N-dealkylation sites (N-methyl/N-ethyl adjacent to an activating group) is 3. The Bertz CT molecular complexity index is 2880. The molecule has 0 bridgehead atoms. The van der Waals surface area contributed by atoms with Crippen molar-refractivity contribution in [1.82, 2.24) is 14.7 Å². The van der Waals surface area contributed by atoms with Crippen molar-refractivity contribution in [3.63, 3.8) is 0 Å². The zero-order chi connectivity index (χ0) is 91.7. The molecule has 0 aliphatic carbocycles. The van der Waals surface area contributed by atoms with Gasteiger partial charge in [-0.25, -0.2) is 9.59 Å². The number of rotatable bonds is 68. The van der Waals surface area contributed by atoms with E-state index in [1.54, 1.807) is 26.0 Å². The maximum absolute atomic E-state index is 15.5. The molecule has 0 aromatic rings. The fourth-order valence-electron chi connectivity index (χ4n) is 18.0. The number of hydrogen-bond donors (Lipinski definition) is 0. The van der Waals surface area contributed by atoms with Crippen molar-refractivity contribution < 1.29 is 138 Å². The molecule has 0 N–H and O–H groups in total. The topological polar surface area (TPSA) is 317 Å². The predicted octanol–water partition coefficient (Wildman–Crippen LogP) is 11.7. The number of esters is 2. The van der Waals surface area contributed by atoms with E-state index in [2.05, 4.69) is 26.8 Å². The molecule has 0 spiro atoms. The Balaban J connectivity index is 1.79. The van der Waals surface area contributed by atoms with Gasteiger partial charge in [-0.05, 0) is 32.1 Å². The van der Waals surface area contributed by atoms with E-state index in [1.807, 2.05) is 6.08 Å². The van der Waals surface area contributed by atoms with Crippen molar-refractivity contribution in [1.29, 1.82) is 0 Å². The zero-order valence-electron chi connectivity index (χ0n) is 80.6. The first kappa shape index (κ1) is 113. The summed E-state index contributed by atoms with van der Waals surface area (Å²) in [5.41, 5.74) is 0. The number of allylic oxidation sites excluding steroid dienone is 1. The second kappa shape index (κ2) is 62.5. The molecule has 4 heterocycles. The lowest BCUT2D eigenvalue weighted by molar-refractivity contribution is -0.375. The van der Waals surface area contributed by atoms with Gasteiger partial charge in [0.25, 0.3) is 11.6 Å². The van der Waals surface area contributed by atoms with Gasteiger partial charge in [0, 0.05) is 147 Å². The standard InChI is InChI=1S/C92H169N3O29/c1-25-27-28-29-30-31-32-33-34-35-36-37-38-39-40-41-46-49-52-55-73(97)94(7)66(67(103-11)54-51-48-45-43-42-44-47-50-53-63(3)26-2)58-117-88-86(114-22)84(112-20)80(110-18)72(121-88)61-119-91(89(99)115-23)57-69(76(93(6)65(5)96)82(123-91)79(109-17)71(106-14)60-102-10)122-92(90(100)116-24)56-68(104-12)75(81(124-92)78(108-16)70(105-13)59-101-9)95(8)74(98)62-118-87-85(113-21)83(111-19)77(107-15)64(4)120-87/h51,54,63-64,66-72,75-88H,25-50,52-53,55-62H2,1-24H3/b54-51+/t63?,64-,66-,67+,68-,69-,70+,71+,72+,75+,76+,77+,78+,79+,80+,81+,82+,83+,84-,85-,86+,87+,88+,91?,92+/m0/s1. The summed E-state index contributed by atoms with van der Waals surface area (Å²) in [6.07, 6.45) is 17.2. The Morgan fingerprint density at radius 2 is 0.919 bits per heavy atom. The van der Waals surface area contributed by atoms with Crippen molar-refractivity contribution in [3.8, 4) is 0 Å². The lowest BCUT2D eigenvalue weighted by Crippen LogP contribution is -2.73. The molecule has 32 nitrogen and oxygen atoms in total. The first-order valence-electron chi connectivity index (χ1n) is 45.9. The van der Waals surface area contributed by atoms with Gasteiger partial charge in [-0.15, -0.1) is 0 Å². The van der Waals surface area contributed by atoms with Gasteiger partial charge in [0.15, 0.2) is 12.6 Å². The number of methoxy groups -OCH3 is 16. The van der Waals surface area contributed by atoms with Crippen molar-refractivity contribution >= 4 is 29.7 Å². The number of unbranched alkanes of at least 4 members (excludes halogenated alkanes) is 24. The number of ether oxygens (including phenoxy) is 24. The molecule has 124 heavy (non-hydrogen) atoms. The number of hydrogen-bond acceptors (Lipinski definition) is 29. The summed E-state index contributed by atoms with van der Waals surface area (Å²) in [6, 6.07) is -3.22. The first-order valence-corrected chi connectivity index (χ1v) is 45.9. The van der Waals surface area contributed by atoms with Crippen molar-refractivity contribution in [2.24, 2.45) is 5.92 Å². The second-order valence-corrected chi connectivity index (χ2v) is 33.9. The average Bonchev–Trinajstić information content (AvgIpc) is 0.730. The minimum absolute atomic E-state index is 0.0622. The summed E-state index contributed by atoms with van der Waals surface area (Å²) in [4.78, 5) is 79.2. The van der Waals surface area contributed by atoms with Crippen LogP contribution in [0.4, 0.5) is 0 Å². The van der Waals surface area contributed by atoms with Gasteiger partial charge in [0.1, 0.15) is 86.0 Å². The second-order valence-electron chi connectivity index (χ2n) is 33.9. The van der Waals surface area contributed by atoms with Gasteiger partial charge in [0.05, 0.1) is 83.2 Å². The molecule has 2 unspecified atom stereocenters. The smallest absolute Gasteiger partial charge is 0.366 e. The number of carbonyl (C=O) groups is 5. The molecule has 0 aromatic heterocycles. The van der Waals surface area contributed by atoms with Gasteiger partial charge < -0.3 is 128 Å². The number of amides is 3. The molecule has 25 atom stereocenters. The lowest BCUT2D eigenvalue weighted by Gasteiger charge is -2.55. The van der Waals surface area contributed by atoms with Crippen LogP contribution >= 0.6 is 0 Å². The van der Waals surface area contributed by atoms with Crippen LogP contribution in [0.2, 0.25) is 0 Å². The Morgan fingerprint density at radius 3 is 1.37 bits per heavy atom. The van der Waals surface area contributed by atoms with E-state index in [-0.39, 0.29) is 25.7 Å². The van der Waals surface area contributed by atoms with Gasteiger partial charge in [0.2, 0.25) is 17.7 Å². The van der Waals surface area contributed by atoms with E-state index in [1.165, 1.54) is 252 Å². The number of carbonyl (C=O) groups excluding carboxylic acids is 5. The SMILES string of the molecule is CCCCCCCCCCCCCCCCCCCCCC(=O)N(C)[C@@H](CO[C@@H]1O[C@H](COC2(C(=O)OC)C[C@H](O[C@]3(C(=O)OC)C[C@H](OC)[C@@H](N(C)C(=O)CO[C@@H]4O[C@@H](C)[C@@H](OC)[C@@H](OC)[C@@H]4OC)[C@H]([C@H](OC)[C@@H](COC)OC)O3)[C@@H](N(C)C(C)=O)[C@H]([C@H](OC)[C@@H](COC)OC)O2)[C@@H](OC)[C@H](OC)[C@H]1OC)[C@@H](/C=C/CCCCCCCCC(C)CC)OC. The summed E-state index contributed by atoms with van der Waals surface area (Å²) in [5.74, 6) is -7.93. The highest BCUT2D eigenvalue weighted by Gasteiger charge is 2.65. The molecule has 0 radical (unpaired) electrons. The molecule has 4 aliphatic heterocycles. The van der Waals surface area contributed by atoms with E-state index in [9.17, 15) is 14.4 Å². The van der Waals surface area contributed by atoms with Crippen molar-refractivity contribution in [3.05, 3.63) is 12.2 Å². The maximum Gasteiger partial charge on any atom is 0.366 e. The van der Waals surface area contributed by atoms with Crippen LogP contribution in [0.5, 0.6) is 0 Å². The van der Waals surface area contributed by atoms with Gasteiger partial charge >= 0.3 is 11.9 Å². The summed E-state index contributed by atoms with van der Waals surface area (Å²) in [7, 11) is 27.5. The molecule has 0 saturated carbocycles. The molecule has 4 rings (SSSR count). The van der Waals surface area contributed by atoms with Gasteiger partial charge in [-0.2, -0.15) is 0 Å². The molecule has 4 aliphatic rings. The summed E-state index contributed by atoms with van der Waals surface area (Å²) >= 11 is 0. The largest absolute Gasteiger partial charge is 0.465 e. The van der Waals surface area contributed by atoms with Crippen LogP contribution in [-0.4, -0.2) is 358 Å². The minimum Gasteiger partial charge on any atom is -0.465 e. The first-order chi connectivity index (χ1) is 59.8. The van der Waals surface area contributed by atoms with E-state index < -0.39 is 196 Å². The molecular formula is C92H169N3O29. The monoisotopic (exact) mass is 1780 g/mol. The molecule has 4 saturated heterocycles. The zero-order valence-corrected chi connectivity index (χ0v) is 80.6. The van der Waals surface area contributed by atoms with Crippen LogP contribution in [0.25, 0.3) is 0 Å². The molecular weight excluding hydrogens is 1610 g/mol. The predicted molar refractivity (Wildman–Crippen MR) is 466 cm³/mol. The minimum atomic E-state index is -2.63. The molecule has 32 heteroatoms. The maximum atomic E-state index is 15.5. The molecule has 726 valence electrons. The Kier molecular flexibility index (Phi) is 56.8. The molecule has 3 amide bonds. The summed E-state index contributed by atoms with van der Waals surface area (Å²) < 4.78 is 151. The number of nitrogens with zero attached hydrogens (tertiary/aromatic N) is 3. The highest BCUT2D eigenvalue weighted by atomic mass is 16.8. The third-order valence-corrected chi connectivity index (χ3v) is 25.8. The van der Waals surface area contributed by atoms with Gasteiger partial charge in [-0.3, -0.25) is 14.4 Å². The van der Waals surface area contributed by atoms with Crippen LogP contribution < -0.4 is 0 Å². The van der Waals surface area contributed by atoms with Crippen LogP contribution in [-0.2, 0) is 138 Å². The fraction of sp³-hybridized carbons (Fsp3) is 0.924. The average molecular weight is 1780 g/mol. The van der Waals surface area contributed by atoms with Crippen LogP contribution in [0, 0.1) is 5.92 Å². The summed E-state index contributed by atoms with van der Waals surface area (Å²) in [5, 5.41) is 0. The van der Waals surface area contributed by atoms with Crippen LogP contribution in [0.3, 0.4) is 0 Å². The highest BCUT2D eigenvalue weighted by Crippen LogP contribution is 2.46. The Hall–Kier alpha value is -3.79. The van der Waals surface area contributed by atoms with E-state index in [0.717, 1.165) is 71.5 Å². The van der Waals surface area contributed by atoms with E-state index in [4.69, 9.17) is 114 Å². The van der Waals surface area contributed by atoms with Crippen molar-refractivity contribution in [2.75, 3.05) is 168 Å².